The second kappa shape index (κ2) is 9.23. The van der Waals surface area contributed by atoms with Gasteiger partial charge in [0.05, 0.1) is 44.6 Å². The molecule has 3 rings (SSSR count). The minimum Gasteiger partial charge on any atom is -0.462 e. The van der Waals surface area contributed by atoms with Crippen LogP contribution >= 0.6 is 11.3 Å². The van der Waals surface area contributed by atoms with Gasteiger partial charge in [-0.3, -0.25) is 9.59 Å². The van der Waals surface area contributed by atoms with Gasteiger partial charge in [-0.2, -0.15) is 0 Å². The van der Waals surface area contributed by atoms with Gasteiger partial charge in [0.1, 0.15) is 5.00 Å². The quantitative estimate of drug-likeness (QED) is 0.683. The average Bonchev–Trinajstić information content (AvgIpc) is 3.31. The fourth-order valence-electron chi connectivity index (χ4n) is 3.32. The monoisotopic (exact) mass is 420 g/mol. The summed E-state index contributed by atoms with van der Waals surface area (Å²) in [5.74, 6) is -0.358. The first-order chi connectivity index (χ1) is 13.9. The third kappa shape index (κ3) is 4.86. The Hall–Kier alpha value is -2.65. The van der Waals surface area contributed by atoms with Crippen LogP contribution in [0.3, 0.4) is 0 Å². The minimum absolute atomic E-state index is 0.123. The highest BCUT2D eigenvalue weighted by atomic mass is 32.1. The Morgan fingerprint density at radius 1 is 1.28 bits per heavy atom. The summed E-state index contributed by atoms with van der Waals surface area (Å²) in [4.78, 5) is 40.9. The Balaban J connectivity index is 1.55. The van der Waals surface area contributed by atoms with Gasteiger partial charge in [0.25, 0.3) is 11.8 Å². The molecule has 3 heterocycles. The van der Waals surface area contributed by atoms with Crippen LogP contribution in [0.1, 0.15) is 38.3 Å². The first-order valence-electron chi connectivity index (χ1n) is 9.64. The van der Waals surface area contributed by atoms with Gasteiger partial charge in [0.15, 0.2) is 12.3 Å². The van der Waals surface area contributed by atoms with Crippen molar-refractivity contribution in [1.82, 2.24) is 4.90 Å². The summed E-state index contributed by atoms with van der Waals surface area (Å²) in [6.45, 7) is 8.56. The molecule has 0 aliphatic carbocycles. The molecule has 1 saturated heterocycles. The molecule has 1 aliphatic heterocycles. The molecular formula is C20H26N3O5S+. The number of ether oxygens (including phenoxy) is 1. The van der Waals surface area contributed by atoms with Crippen molar-refractivity contribution < 1.29 is 28.4 Å². The van der Waals surface area contributed by atoms with Gasteiger partial charge in [-0.05, 0) is 38.5 Å². The van der Waals surface area contributed by atoms with Gasteiger partial charge in [-0.1, -0.05) is 0 Å². The number of nitrogens with zero attached hydrogens (tertiary/aromatic N) is 1. The number of thiophene rings is 1. The van der Waals surface area contributed by atoms with Gasteiger partial charge >= 0.3 is 5.97 Å². The van der Waals surface area contributed by atoms with Crippen LogP contribution in [-0.2, 0) is 9.53 Å². The normalized spacial score (nSPS) is 14.7. The number of piperazine rings is 1. The van der Waals surface area contributed by atoms with E-state index in [4.69, 9.17) is 9.15 Å². The molecule has 0 aromatic carbocycles. The molecule has 1 aliphatic rings. The molecular weight excluding hydrogens is 394 g/mol. The molecule has 0 atom stereocenters. The first kappa shape index (κ1) is 21.1. The number of quaternary nitrogens is 1. The summed E-state index contributed by atoms with van der Waals surface area (Å²) >= 11 is 1.38. The highest BCUT2D eigenvalue weighted by Crippen LogP contribution is 2.32. The number of esters is 1. The van der Waals surface area contributed by atoms with Crippen LogP contribution in [0.4, 0.5) is 5.00 Å². The van der Waals surface area contributed by atoms with Crippen molar-refractivity contribution in [2.24, 2.45) is 0 Å². The Morgan fingerprint density at radius 2 is 2.00 bits per heavy atom. The SMILES string of the molecule is CCOC(=O)c1c(NC(=O)C[NH+]2CCN(C(=O)c3ccco3)CC2)sc(C)c1C. The molecule has 2 aromatic heterocycles. The van der Waals surface area contributed by atoms with Gasteiger partial charge in [0, 0.05) is 4.88 Å². The summed E-state index contributed by atoms with van der Waals surface area (Å²) in [7, 11) is 0. The summed E-state index contributed by atoms with van der Waals surface area (Å²) in [6, 6.07) is 3.35. The fourth-order valence-corrected chi connectivity index (χ4v) is 4.39. The number of aryl methyl sites for hydroxylation is 1. The number of carbonyl (C=O) groups excluding carboxylic acids is 3. The molecule has 8 nitrogen and oxygen atoms in total. The molecule has 29 heavy (non-hydrogen) atoms. The second-order valence-corrected chi connectivity index (χ2v) is 8.18. The number of hydrogen-bond acceptors (Lipinski definition) is 6. The zero-order valence-corrected chi connectivity index (χ0v) is 17.7. The summed E-state index contributed by atoms with van der Waals surface area (Å²) in [5.41, 5.74) is 1.27. The lowest BCUT2D eigenvalue weighted by atomic mass is 10.1. The van der Waals surface area contributed by atoms with E-state index in [1.165, 1.54) is 17.6 Å². The minimum atomic E-state index is -0.415. The lowest BCUT2D eigenvalue weighted by molar-refractivity contribution is -0.895. The van der Waals surface area contributed by atoms with Crippen molar-refractivity contribution in [3.05, 3.63) is 40.2 Å². The highest BCUT2D eigenvalue weighted by molar-refractivity contribution is 7.16. The van der Waals surface area contributed by atoms with E-state index in [2.05, 4.69) is 5.32 Å². The smallest absolute Gasteiger partial charge is 0.341 e. The second-order valence-electron chi connectivity index (χ2n) is 6.95. The Morgan fingerprint density at radius 3 is 2.62 bits per heavy atom. The van der Waals surface area contributed by atoms with E-state index in [-0.39, 0.29) is 25.0 Å². The lowest BCUT2D eigenvalue weighted by Gasteiger charge is -2.31. The summed E-state index contributed by atoms with van der Waals surface area (Å²) in [6.07, 6.45) is 1.48. The topological polar surface area (TPSA) is 93.3 Å². The van der Waals surface area contributed by atoms with E-state index in [1.54, 1.807) is 24.0 Å². The van der Waals surface area contributed by atoms with E-state index in [1.807, 2.05) is 13.8 Å². The molecule has 2 amide bonds. The van der Waals surface area contributed by atoms with Gasteiger partial charge in [-0.15, -0.1) is 11.3 Å². The zero-order valence-electron chi connectivity index (χ0n) is 16.9. The van der Waals surface area contributed by atoms with Gasteiger partial charge in [0.2, 0.25) is 0 Å². The Kier molecular flexibility index (Phi) is 6.71. The maximum atomic E-state index is 12.6. The predicted molar refractivity (Wildman–Crippen MR) is 109 cm³/mol. The van der Waals surface area contributed by atoms with Crippen molar-refractivity contribution in [3.8, 4) is 0 Å². The Labute approximate surface area is 173 Å². The van der Waals surface area contributed by atoms with Crippen LogP contribution in [0.15, 0.2) is 22.8 Å². The summed E-state index contributed by atoms with van der Waals surface area (Å²) < 4.78 is 10.3. The number of nitrogens with one attached hydrogen (secondary N) is 2. The van der Waals surface area contributed by atoms with Crippen molar-refractivity contribution in [2.75, 3.05) is 44.6 Å². The van der Waals surface area contributed by atoms with Crippen LogP contribution in [0.2, 0.25) is 0 Å². The molecule has 0 saturated carbocycles. The van der Waals surface area contributed by atoms with E-state index < -0.39 is 5.97 Å². The molecule has 156 valence electrons. The standard InChI is InChI=1S/C20H25N3O5S/c1-4-27-20(26)17-13(2)14(3)29-18(17)21-16(24)12-22-7-9-23(10-8-22)19(25)15-6-5-11-28-15/h5-6,11H,4,7-10,12H2,1-3H3,(H,21,24)/p+1. The zero-order chi connectivity index (χ0) is 21.0. The highest BCUT2D eigenvalue weighted by Gasteiger charge is 2.28. The number of rotatable bonds is 6. The number of hydrogen-bond donors (Lipinski definition) is 2. The predicted octanol–water partition coefficient (Wildman–Crippen LogP) is 1.11. The Bertz CT molecular complexity index is 882. The van der Waals surface area contributed by atoms with Crippen LogP contribution in [0.25, 0.3) is 0 Å². The molecule has 0 spiro atoms. The third-order valence-corrected chi connectivity index (χ3v) is 6.14. The van der Waals surface area contributed by atoms with Crippen molar-refractivity contribution in [1.29, 1.82) is 0 Å². The number of furan rings is 1. The van der Waals surface area contributed by atoms with Crippen LogP contribution < -0.4 is 10.2 Å². The van der Waals surface area contributed by atoms with Crippen molar-refractivity contribution in [3.63, 3.8) is 0 Å². The maximum absolute atomic E-state index is 12.6. The molecule has 1 fully saturated rings. The number of amides is 2. The molecule has 0 unspecified atom stereocenters. The van der Waals surface area contributed by atoms with Crippen molar-refractivity contribution in [2.45, 2.75) is 20.8 Å². The molecule has 2 aromatic rings. The average molecular weight is 421 g/mol. The van der Waals surface area contributed by atoms with Gasteiger partial charge in [-0.25, -0.2) is 4.79 Å². The molecule has 2 N–H and O–H groups in total. The fraction of sp³-hybridized carbons (Fsp3) is 0.450. The maximum Gasteiger partial charge on any atom is 0.341 e. The third-order valence-electron chi connectivity index (χ3n) is 5.02. The number of carbonyl (C=O) groups is 3. The van der Waals surface area contributed by atoms with Gasteiger partial charge < -0.3 is 24.3 Å². The van der Waals surface area contributed by atoms with Crippen LogP contribution in [0, 0.1) is 13.8 Å². The molecule has 0 bridgehead atoms. The van der Waals surface area contributed by atoms with Crippen LogP contribution in [-0.4, -0.2) is 62.0 Å². The van der Waals surface area contributed by atoms with Crippen LogP contribution in [0.5, 0.6) is 0 Å². The lowest BCUT2D eigenvalue weighted by Crippen LogP contribution is -3.15. The molecule has 9 heteroatoms. The largest absolute Gasteiger partial charge is 0.462 e. The van der Waals surface area contributed by atoms with E-state index in [9.17, 15) is 14.4 Å². The summed E-state index contributed by atoms with van der Waals surface area (Å²) in [5, 5.41) is 3.41. The van der Waals surface area contributed by atoms with E-state index in [0.29, 0.717) is 42.5 Å². The first-order valence-corrected chi connectivity index (χ1v) is 10.5. The van der Waals surface area contributed by atoms with Crippen molar-refractivity contribution >= 4 is 34.1 Å². The van der Waals surface area contributed by atoms with E-state index in [0.717, 1.165) is 15.3 Å². The molecule has 0 radical (unpaired) electrons. The number of anilines is 1. The van der Waals surface area contributed by atoms with E-state index >= 15 is 0 Å².